The Morgan fingerprint density at radius 3 is 2.88 bits per heavy atom. The van der Waals surface area contributed by atoms with E-state index in [1.54, 1.807) is 18.2 Å². The first-order valence-electron chi connectivity index (χ1n) is 5.23. The predicted molar refractivity (Wildman–Crippen MR) is 74.4 cm³/mol. The number of carbonyl (C=O) groups excluding carboxylic acids is 1. The van der Waals surface area contributed by atoms with E-state index in [9.17, 15) is 9.00 Å². The number of rotatable bonds is 5. The summed E-state index contributed by atoms with van der Waals surface area (Å²) in [4.78, 5) is 11.8. The topological polar surface area (TPSA) is 72.2 Å². The number of nitrogen functional groups attached to an aromatic ring is 1. The van der Waals surface area contributed by atoms with E-state index < -0.39 is 10.8 Å². The highest BCUT2D eigenvalue weighted by atomic mass is 79.9. The summed E-state index contributed by atoms with van der Waals surface area (Å²) in [6.45, 7) is 2.26. The molecule has 1 amide bonds. The first-order chi connectivity index (χ1) is 8.06. The summed E-state index contributed by atoms with van der Waals surface area (Å²) >= 11 is 3.27. The summed E-state index contributed by atoms with van der Waals surface area (Å²) in [5, 5.41) is 2.71. The van der Waals surface area contributed by atoms with Gasteiger partial charge in [0.1, 0.15) is 0 Å². The molecule has 17 heavy (non-hydrogen) atoms. The van der Waals surface area contributed by atoms with Crippen LogP contribution in [0.2, 0.25) is 0 Å². The van der Waals surface area contributed by atoms with Crippen LogP contribution in [0.1, 0.15) is 17.3 Å². The molecule has 4 nitrogen and oxygen atoms in total. The Balaban J connectivity index is 2.59. The SMILES string of the molecule is CCS(=O)CCNC(=O)c1cccc(N)c1Br. The summed E-state index contributed by atoms with van der Waals surface area (Å²) in [6, 6.07) is 5.12. The van der Waals surface area contributed by atoms with Crippen LogP contribution >= 0.6 is 15.9 Å². The molecule has 0 fully saturated rings. The van der Waals surface area contributed by atoms with Gasteiger partial charge in [-0.15, -0.1) is 0 Å². The van der Waals surface area contributed by atoms with Crippen molar-refractivity contribution >= 4 is 38.3 Å². The van der Waals surface area contributed by atoms with Crippen LogP contribution < -0.4 is 11.1 Å². The van der Waals surface area contributed by atoms with Gasteiger partial charge < -0.3 is 11.1 Å². The van der Waals surface area contributed by atoms with Crippen molar-refractivity contribution in [2.24, 2.45) is 0 Å². The Morgan fingerprint density at radius 2 is 2.24 bits per heavy atom. The number of nitrogens with two attached hydrogens (primary N) is 1. The van der Waals surface area contributed by atoms with Gasteiger partial charge in [0.15, 0.2) is 0 Å². The zero-order valence-electron chi connectivity index (χ0n) is 9.53. The minimum Gasteiger partial charge on any atom is -0.398 e. The summed E-state index contributed by atoms with van der Waals surface area (Å²) < 4.78 is 11.8. The molecule has 1 atom stereocenters. The molecule has 0 aliphatic rings. The van der Waals surface area contributed by atoms with E-state index in [1.807, 2.05) is 6.92 Å². The molecule has 1 rings (SSSR count). The molecular weight excluding hydrogens is 304 g/mol. The van der Waals surface area contributed by atoms with Crippen molar-refractivity contribution in [3.05, 3.63) is 28.2 Å². The lowest BCUT2D eigenvalue weighted by Crippen LogP contribution is -2.28. The Kier molecular flexibility index (Phi) is 5.64. The third kappa shape index (κ3) is 4.12. The highest BCUT2D eigenvalue weighted by Gasteiger charge is 2.11. The summed E-state index contributed by atoms with van der Waals surface area (Å²) in [5.41, 5.74) is 6.70. The van der Waals surface area contributed by atoms with Gasteiger partial charge in [-0.05, 0) is 28.1 Å². The molecule has 1 aromatic carbocycles. The normalized spacial score (nSPS) is 12.1. The lowest BCUT2D eigenvalue weighted by molar-refractivity contribution is 0.0955. The fourth-order valence-corrected chi connectivity index (χ4v) is 2.31. The fraction of sp³-hybridized carbons (Fsp3) is 0.364. The van der Waals surface area contributed by atoms with Gasteiger partial charge in [-0.1, -0.05) is 13.0 Å². The van der Waals surface area contributed by atoms with E-state index >= 15 is 0 Å². The Labute approximate surface area is 112 Å². The van der Waals surface area contributed by atoms with Gasteiger partial charge in [0, 0.05) is 34.5 Å². The largest absolute Gasteiger partial charge is 0.398 e. The Bertz CT molecular complexity index is 437. The average Bonchev–Trinajstić information content (AvgIpc) is 2.32. The number of nitrogens with one attached hydrogen (secondary N) is 1. The van der Waals surface area contributed by atoms with Crippen molar-refractivity contribution in [3.8, 4) is 0 Å². The molecule has 0 heterocycles. The van der Waals surface area contributed by atoms with Crippen LogP contribution in [-0.2, 0) is 10.8 Å². The minimum atomic E-state index is -0.861. The quantitative estimate of drug-likeness (QED) is 0.809. The third-order valence-electron chi connectivity index (χ3n) is 2.21. The second-order valence-corrected chi connectivity index (χ2v) is 6.06. The van der Waals surface area contributed by atoms with Crippen molar-refractivity contribution in [2.75, 3.05) is 23.8 Å². The lowest BCUT2D eigenvalue weighted by atomic mass is 10.2. The number of carbonyl (C=O) groups is 1. The molecule has 1 aromatic rings. The molecule has 3 N–H and O–H groups in total. The molecule has 0 saturated carbocycles. The van der Waals surface area contributed by atoms with Gasteiger partial charge in [0.25, 0.3) is 5.91 Å². The van der Waals surface area contributed by atoms with Gasteiger partial charge in [0.05, 0.1) is 10.0 Å². The smallest absolute Gasteiger partial charge is 0.252 e. The lowest BCUT2D eigenvalue weighted by Gasteiger charge is -2.07. The number of hydrogen-bond acceptors (Lipinski definition) is 3. The summed E-state index contributed by atoms with van der Waals surface area (Å²) in [5.74, 6) is 0.873. The van der Waals surface area contributed by atoms with Crippen LogP contribution in [0.3, 0.4) is 0 Å². The van der Waals surface area contributed by atoms with E-state index in [1.165, 1.54) is 0 Å². The second-order valence-electron chi connectivity index (χ2n) is 3.40. The van der Waals surface area contributed by atoms with Crippen LogP contribution in [0, 0.1) is 0 Å². The maximum absolute atomic E-state index is 11.8. The molecule has 1 unspecified atom stereocenters. The third-order valence-corrected chi connectivity index (χ3v) is 4.40. The minimum absolute atomic E-state index is 0.211. The van der Waals surface area contributed by atoms with Crippen LogP contribution in [0.5, 0.6) is 0 Å². The van der Waals surface area contributed by atoms with Gasteiger partial charge in [-0.25, -0.2) is 0 Å². The number of halogens is 1. The predicted octanol–water partition coefficient (Wildman–Crippen LogP) is 1.53. The summed E-state index contributed by atoms with van der Waals surface area (Å²) in [7, 11) is -0.861. The zero-order chi connectivity index (χ0) is 12.8. The molecule has 0 aromatic heterocycles. The average molecular weight is 319 g/mol. The van der Waals surface area contributed by atoms with Crippen molar-refractivity contribution in [1.29, 1.82) is 0 Å². The molecule has 0 saturated heterocycles. The molecule has 6 heteroatoms. The number of anilines is 1. The highest BCUT2D eigenvalue weighted by Crippen LogP contribution is 2.23. The molecular formula is C11H15BrN2O2S. The molecule has 0 aliphatic heterocycles. The van der Waals surface area contributed by atoms with Crippen molar-refractivity contribution in [3.63, 3.8) is 0 Å². The first-order valence-corrected chi connectivity index (χ1v) is 7.51. The number of hydrogen-bond donors (Lipinski definition) is 2. The standard InChI is InChI=1S/C11H15BrN2O2S/c1-2-17(16)7-6-14-11(15)8-4-3-5-9(13)10(8)12/h3-5H,2,6-7,13H2,1H3,(H,14,15). The van der Waals surface area contributed by atoms with Crippen LogP contribution in [0.4, 0.5) is 5.69 Å². The number of benzene rings is 1. The maximum Gasteiger partial charge on any atom is 0.252 e. The van der Waals surface area contributed by atoms with Gasteiger partial charge >= 0.3 is 0 Å². The van der Waals surface area contributed by atoms with Gasteiger partial charge in [-0.3, -0.25) is 9.00 Å². The van der Waals surface area contributed by atoms with Gasteiger partial charge in [0.2, 0.25) is 0 Å². The van der Waals surface area contributed by atoms with Crippen LogP contribution in [0.25, 0.3) is 0 Å². The molecule has 94 valence electrons. The van der Waals surface area contributed by atoms with E-state index in [4.69, 9.17) is 5.73 Å². The van der Waals surface area contributed by atoms with Crippen LogP contribution in [-0.4, -0.2) is 28.2 Å². The van der Waals surface area contributed by atoms with E-state index in [2.05, 4.69) is 21.2 Å². The van der Waals surface area contributed by atoms with Crippen molar-refractivity contribution < 1.29 is 9.00 Å². The second kappa shape index (κ2) is 6.76. The van der Waals surface area contributed by atoms with Crippen molar-refractivity contribution in [2.45, 2.75) is 6.92 Å². The van der Waals surface area contributed by atoms with Crippen molar-refractivity contribution in [1.82, 2.24) is 5.32 Å². The molecule has 0 radical (unpaired) electrons. The molecule has 0 aliphatic carbocycles. The number of amides is 1. The Hall–Kier alpha value is -0.880. The summed E-state index contributed by atoms with van der Waals surface area (Å²) in [6.07, 6.45) is 0. The van der Waals surface area contributed by atoms with Crippen LogP contribution in [0.15, 0.2) is 22.7 Å². The zero-order valence-corrected chi connectivity index (χ0v) is 11.9. The molecule has 0 bridgehead atoms. The highest BCUT2D eigenvalue weighted by molar-refractivity contribution is 9.10. The van der Waals surface area contributed by atoms with Gasteiger partial charge in [-0.2, -0.15) is 0 Å². The van der Waals surface area contributed by atoms with E-state index in [-0.39, 0.29) is 5.91 Å². The van der Waals surface area contributed by atoms with E-state index in [0.717, 1.165) is 0 Å². The Morgan fingerprint density at radius 1 is 1.53 bits per heavy atom. The monoisotopic (exact) mass is 318 g/mol. The maximum atomic E-state index is 11.8. The first kappa shape index (κ1) is 14.2. The molecule has 0 spiro atoms. The fourth-order valence-electron chi connectivity index (χ4n) is 1.24. The van der Waals surface area contributed by atoms with E-state index in [0.29, 0.717) is 33.8 Å².